The van der Waals surface area contributed by atoms with Crippen molar-refractivity contribution in [2.24, 2.45) is 4.99 Å². The summed E-state index contributed by atoms with van der Waals surface area (Å²) in [5.74, 6) is 1.33. The van der Waals surface area contributed by atoms with E-state index < -0.39 is 5.97 Å². The minimum atomic E-state index is -0.981. The molecule has 2 N–H and O–H groups in total. The molecular weight excluding hydrogens is 404 g/mol. The number of carbonyl (C=O) groups is 2. The normalized spacial score (nSPS) is 16.1. The van der Waals surface area contributed by atoms with Crippen molar-refractivity contribution in [2.75, 3.05) is 7.11 Å². The minimum Gasteiger partial charge on any atom is -0.497 e. The van der Waals surface area contributed by atoms with Crippen molar-refractivity contribution in [1.29, 1.82) is 0 Å². The standard InChI is InChI=1S/C22H16N2O5S/c1-28-16-8-6-15(7-9-16)23-20-19(30-22(27)24-20)12-17-10-11-18(29-17)13-2-4-14(5-3-13)21(25)26/h2-12H,1H3,(H,25,26)(H,23,24,27). The molecule has 1 fully saturated rings. The lowest BCUT2D eigenvalue weighted by atomic mass is 10.1. The van der Waals surface area contributed by atoms with Gasteiger partial charge >= 0.3 is 5.97 Å². The van der Waals surface area contributed by atoms with Gasteiger partial charge < -0.3 is 19.6 Å². The van der Waals surface area contributed by atoms with Gasteiger partial charge in [-0.15, -0.1) is 0 Å². The molecule has 2 heterocycles. The second-order valence-corrected chi connectivity index (χ2v) is 7.28. The molecule has 0 atom stereocenters. The van der Waals surface area contributed by atoms with E-state index >= 15 is 0 Å². The van der Waals surface area contributed by atoms with Crippen LogP contribution in [0, 0.1) is 0 Å². The molecule has 1 aromatic heterocycles. The van der Waals surface area contributed by atoms with E-state index in [0.29, 0.717) is 27.9 Å². The van der Waals surface area contributed by atoms with Crippen LogP contribution in [0.25, 0.3) is 17.4 Å². The van der Waals surface area contributed by atoms with E-state index in [-0.39, 0.29) is 10.8 Å². The molecule has 4 rings (SSSR count). The molecule has 1 aliphatic rings. The molecule has 1 saturated heterocycles. The highest BCUT2D eigenvalue weighted by atomic mass is 32.2. The van der Waals surface area contributed by atoms with Crippen LogP contribution in [-0.4, -0.2) is 29.3 Å². The number of nitrogens with zero attached hydrogens (tertiary/aromatic N) is 1. The van der Waals surface area contributed by atoms with Crippen LogP contribution < -0.4 is 10.1 Å². The fourth-order valence-corrected chi connectivity index (χ4v) is 3.51. The second kappa shape index (κ2) is 8.30. The Morgan fingerprint density at radius 1 is 1.10 bits per heavy atom. The lowest BCUT2D eigenvalue weighted by Crippen LogP contribution is -2.18. The molecule has 8 heteroatoms. The second-order valence-electron chi connectivity index (χ2n) is 6.27. The van der Waals surface area contributed by atoms with Crippen molar-refractivity contribution in [1.82, 2.24) is 5.32 Å². The summed E-state index contributed by atoms with van der Waals surface area (Å²) in [5, 5.41) is 11.5. The summed E-state index contributed by atoms with van der Waals surface area (Å²) in [4.78, 5) is 28.0. The van der Waals surface area contributed by atoms with Crippen molar-refractivity contribution in [3.8, 4) is 17.1 Å². The Bertz CT molecular complexity index is 1160. The molecule has 0 aliphatic carbocycles. The average molecular weight is 420 g/mol. The number of furan rings is 1. The number of benzene rings is 2. The molecule has 1 aliphatic heterocycles. The number of amidine groups is 1. The summed E-state index contributed by atoms with van der Waals surface area (Å²) >= 11 is 1.04. The SMILES string of the molecule is COc1ccc(N=C2NC(=O)SC2=Cc2ccc(-c3ccc(C(=O)O)cc3)o2)cc1. The molecule has 7 nitrogen and oxygen atoms in total. The van der Waals surface area contributed by atoms with E-state index in [1.54, 1.807) is 61.7 Å². The molecule has 0 bridgehead atoms. The maximum Gasteiger partial charge on any atom is 0.335 e. The Morgan fingerprint density at radius 2 is 1.83 bits per heavy atom. The van der Waals surface area contributed by atoms with E-state index in [1.165, 1.54) is 12.1 Å². The highest BCUT2D eigenvalue weighted by Crippen LogP contribution is 2.31. The van der Waals surface area contributed by atoms with E-state index in [1.807, 2.05) is 0 Å². The van der Waals surface area contributed by atoms with Gasteiger partial charge in [0.2, 0.25) is 0 Å². The van der Waals surface area contributed by atoms with Crippen molar-refractivity contribution in [2.45, 2.75) is 0 Å². The van der Waals surface area contributed by atoms with Crippen LogP contribution in [0.2, 0.25) is 0 Å². The number of carboxylic acids is 1. The number of nitrogens with one attached hydrogen (secondary N) is 1. The predicted molar refractivity (Wildman–Crippen MR) is 115 cm³/mol. The Labute approximate surface area is 176 Å². The molecule has 3 aromatic rings. The summed E-state index contributed by atoms with van der Waals surface area (Å²) in [6.45, 7) is 0. The maximum absolute atomic E-state index is 11.9. The Morgan fingerprint density at radius 3 is 2.50 bits per heavy atom. The van der Waals surface area contributed by atoms with Gasteiger partial charge in [0.25, 0.3) is 5.24 Å². The summed E-state index contributed by atoms with van der Waals surface area (Å²) in [6, 6.07) is 17.2. The van der Waals surface area contributed by atoms with E-state index in [4.69, 9.17) is 14.3 Å². The summed E-state index contributed by atoms with van der Waals surface area (Å²) in [6.07, 6.45) is 1.74. The van der Waals surface area contributed by atoms with Crippen molar-refractivity contribution in [3.05, 3.63) is 76.9 Å². The van der Waals surface area contributed by atoms with Gasteiger partial charge in [0.1, 0.15) is 23.1 Å². The van der Waals surface area contributed by atoms with Gasteiger partial charge in [0, 0.05) is 5.56 Å². The third kappa shape index (κ3) is 4.28. The van der Waals surface area contributed by atoms with Gasteiger partial charge in [0.15, 0.2) is 0 Å². The Balaban J connectivity index is 1.59. The summed E-state index contributed by atoms with van der Waals surface area (Å²) in [5.41, 5.74) is 1.64. The van der Waals surface area contributed by atoms with Crippen LogP contribution >= 0.6 is 11.8 Å². The molecule has 150 valence electrons. The zero-order chi connectivity index (χ0) is 21.1. The number of rotatable bonds is 5. The molecule has 2 aromatic carbocycles. The van der Waals surface area contributed by atoms with Crippen LogP contribution in [0.3, 0.4) is 0 Å². The quantitative estimate of drug-likeness (QED) is 0.590. The van der Waals surface area contributed by atoms with Gasteiger partial charge in [-0.3, -0.25) is 4.79 Å². The van der Waals surface area contributed by atoms with Crippen LogP contribution in [0.1, 0.15) is 16.1 Å². The van der Waals surface area contributed by atoms with Crippen LogP contribution in [0.15, 0.2) is 75.0 Å². The van der Waals surface area contributed by atoms with Crippen molar-refractivity contribution >= 4 is 40.6 Å². The highest BCUT2D eigenvalue weighted by molar-refractivity contribution is 8.18. The monoisotopic (exact) mass is 420 g/mol. The van der Waals surface area contributed by atoms with E-state index in [0.717, 1.165) is 23.1 Å². The third-order valence-electron chi connectivity index (χ3n) is 4.29. The average Bonchev–Trinajstić information content (AvgIpc) is 3.35. The third-order valence-corrected chi connectivity index (χ3v) is 5.10. The molecule has 30 heavy (non-hydrogen) atoms. The van der Waals surface area contributed by atoms with Crippen LogP contribution in [0.5, 0.6) is 5.75 Å². The van der Waals surface area contributed by atoms with Gasteiger partial charge in [-0.05, 0) is 66.4 Å². The number of amides is 1. The fourth-order valence-electron chi connectivity index (χ4n) is 2.79. The topological polar surface area (TPSA) is 101 Å². The predicted octanol–water partition coefficient (Wildman–Crippen LogP) is 5.18. The molecule has 0 unspecified atom stereocenters. The highest BCUT2D eigenvalue weighted by Gasteiger charge is 2.24. The largest absolute Gasteiger partial charge is 0.497 e. The fraction of sp³-hybridized carbons (Fsp3) is 0.0455. The number of aromatic carboxylic acids is 1. The van der Waals surface area contributed by atoms with Crippen LogP contribution in [0.4, 0.5) is 10.5 Å². The van der Waals surface area contributed by atoms with E-state index in [2.05, 4.69) is 10.3 Å². The van der Waals surface area contributed by atoms with Gasteiger partial charge in [-0.25, -0.2) is 9.79 Å². The number of carboxylic acid groups (broad SMARTS) is 1. The first-order chi connectivity index (χ1) is 14.5. The molecule has 1 amide bonds. The maximum atomic E-state index is 11.9. The first-order valence-corrected chi connectivity index (χ1v) is 9.71. The number of methoxy groups -OCH3 is 1. The summed E-state index contributed by atoms with van der Waals surface area (Å²) in [7, 11) is 1.59. The summed E-state index contributed by atoms with van der Waals surface area (Å²) < 4.78 is 11.0. The molecule has 0 radical (unpaired) electrons. The molecule has 0 saturated carbocycles. The van der Waals surface area contributed by atoms with E-state index in [9.17, 15) is 9.59 Å². The van der Waals surface area contributed by atoms with Gasteiger partial charge in [-0.1, -0.05) is 12.1 Å². The Hall–Kier alpha value is -3.78. The smallest absolute Gasteiger partial charge is 0.335 e. The van der Waals surface area contributed by atoms with Crippen molar-refractivity contribution in [3.63, 3.8) is 0 Å². The number of ether oxygens (including phenoxy) is 1. The zero-order valence-corrected chi connectivity index (χ0v) is 16.6. The Kier molecular flexibility index (Phi) is 5.40. The zero-order valence-electron chi connectivity index (χ0n) is 15.8. The lowest BCUT2D eigenvalue weighted by molar-refractivity contribution is 0.0697. The first-order valence-electron chi connectivity index (χ1n) is 8.89. The van der Waals surface area contributed by atoms with Crippen molar-refractivity contribution < 1.29 is 23.8 Å². The number of thioether (sulfide) groups is 1. The number of carbonyl (C=O) groups excluding carboxylic acids is 1. The number of aliphatic imine (C=N–C) groups is 1. The molecular formula is C22H16N2O5S. The van der Waals surface area contributed by atoms with Gasteiger partial charge in [0.05, 0.1) is 23.3 Å². The van der Waals surface area contributed by atoms with Gasteiger partial charge in [-0.2, -0.15) is 0 Å². The number of hydrogen-bond acceptors (Lipinski definition) is 6. The van der Waals surface area contributed by atoms with Crippen LogP contribution in [-0.2, 0) is 0 Å². The molecule has 0 spiro atoms. The minimum absolute atomic E-state index is 0.207. The number of hydrogen-bond donors (Lipinski definition) is 2. The lowest BCUT2D eigenvalue weighted by Gasteiger charge is -2.01. The first kappa shape index (κ1) is 19.5.